The maximum Gasteiger partial charge on any atom is 0.242 e. The number of nitrogens with zero attached hydrogens (tertiary/aromatic N) is 3. The Morgan fingerprint density at radius 2 is 2.12 bits per heavy atom. The molecule has 128 valence electrons. The molecule has 0 bridgehead atoms. The van der Waals surface area contributed by atoms with E-state index in [9.17, 15) is 4.79 Å². The van der Waals surface area contributed by atoms with Crippen LogP contribution in [0.1, 0.15) is 11.3 Å². The minimum absolute atomic E-state index is 0.0276. The van der Waals surface area contributed by atoms with Gasteiger partial charge in [-0.05, 0) is 36.2 Å². The van der Waals surface area contributed by atoms with Crippen LogP contribution in [-0.4, -0.2) is 34.0 Å². The van der Waals surface area contributed by atoms with Gasteiger partial charge in [-0.3, -0.25) is 9.69 Å². The van der Waals surface area contributed by atoms with Gasteiger partial charge in [0.1, 0.15) is 5.76 Å². The van der Waals surface area contributed by atoms with Crippen LogP contribution in [0.2, 0.25) is 0 Å². The SMILES string of the molecule is C=CCN1C(=O)C(Cc2ccc(Br)cc2)SC1=NN=Cc1ccco1. The standard InChI is InChI=1S/C18H16BrN3O2S/c1-2-9-22-17(23)16(11-13-5-7-14(19)8-6-13)25-18(22)21-20-12-15-4-3-10-24-15/h2-8,10,12,16H,1,9,11H2. The quantitative estimate of drug-likeness (QED) is 0.403. The van der Waals surface area contributed by atoms with E-state index in [1.54, 1.807) is 29.4 Å². The third-order valence-electron chi connectivity index (χ3n) is 3.54. The molecule has 0 radical (unpaired) electrons. The molecule has 2 heterocycles. The van der Waals surface area contributed by atoms with E-state index in [2.05, 4.69) is 32.7 Å². The first-order valence-electron chi connectivity index (χ1n) is 7.65. The highest BCUT2D eigenvalue weighted by Crippen LogP contribution is 2.30. The maximum atomic E-state index is 12.7. The molecule has 0 N–H and O–H groups in total. The predicted molar refractivity (Wildman–Crippen MR) is 105 cm³/mol. The van der Waals surface area contributed by atoms with E-state index in [1.165, 1.54) is 18.0 Å². The number of hydrogen-bond acceptors (Lipinski definition) is 5. The number of benzene rings is 1. The van der Waals surface area contributed by atoms with Crippen molar-refractivity contribution in [3.05, 3.63) is 71.1 Å². The molecular weight excluding hydrogens is 402 g/mol. The molecule has 1 aromatic carbocycles. The lowest BCUT2D eigenvalue weighted by Gasteiger charge is -2.12. The molecule has 1 fully saturated rings. The Bertz CT molecular complexity index is 800. The van der Waals surface area contributed by atoms with Crippen molar-refractivity contribution < 1.29 is 9.21 Å². The fourth-order valence-electron chi connectivity index (χ4n) is 2.35. The number of furan rings is 1. The number of hydrogen-bond donors (Lipinski definition) is 0. The molecular formula is C18H16BrN3O2S. The van der Waals surface area contributed by atoms with Crippen LogP contribution in [0.25, 0.3) is 0 Å². The first-order valence-corrected chi connectivity index (χ1v) is 9.32. The van der Waals surface area contributed by atoms with Gasteiger partial charge >= 0.3 is 0 Å². The van der Waals surface area contributed by atoms with Crippen molar-refractivity contribution in [3.63, 3.8) is 0 Å². The van der Waals surface area contributed by atoms with Crippen LogP contribution in [0.15, 0.2) is 74.4 Å². The lowest BCUT2D eigenvalue weighted by Crippen LogP contribution is -2.32. The van der Waals surface area contributed by atoms with Gasteiger partial charge in [-0.15, -0.1) is 11.7 Å². The molecule has 0 aliphatic carbocycles. The average Bonchev–Trinajstić information content (AvgIpc) is 3.21. The summed E-state index contributed by atoms with van der Waals surface area (Å²) in [6.45, 7) is 4.13. The van der Waals surface area contributed by atoms with E-state index in [1.807, 2.05) is 24.3 Å². The van der Waals surface area contributed by atoms with Crippen molar-refractivity contribution in [2.45, 2.75) is 11.7 Å². The molecule has 1 amide bonds. The summed E-state index contributed by atoms with van der Waals surface area (Å²) in [5, 5.41) is 8.59. The van der Waals surface area contributed by atoms with Crippen LogP contribution in [0, 0.1) is 0 Å². The van der Waals surface area contributed by atoms with E-state index >= 15 is 0 Å². The third-order valence-corrected chi connectivity index (χ3v) is 5.23. The van der Waals surface area contributed by atoms with Gasteiger partial charge in [0, 0.05) is 11.0 Å². The Labute approximate surface area is 158 Å². The third kappa shape index (κ3) is 4.49. The number of rotatable bonds is 6. The molecule has 1 unspecified atom stereocenters. The Kier molecular flexibility index (Phi) is 5.88. The highest BCUT2D eigenvalue weighted by Gasteiger charge is 2.37. The molecule has 1 aliphatic heterocycles. The normalized spacial score (nSPS) is 19.2. The van der Waals surface area contributed by atoms with Crippen molar-refractivity contribution in [2.24, 2.45) is 10.2 Å². The molecule has 25 heavy (non-hydrogen) atoms. The molecule has 1 aliphatic rings. The van der Waals surface area contributed by atoms with Crippen molar-refractivity contribution in [2.75, 3.05) is 6.54 Å². The summed E-state index contributed by atoms with van der Waals surface area (Å²) >= 11 is 4.85. The van der Waals surface area contributed by atoms with Gasteiger partial charge in [0.25, 0.3) is 0 Å². The second-order valence-electron chi connectivity index (χ2n) is 5.32. The van der Waals surface area contributed by atoms with E-state index in [0.717, 1.165) is 10.0 Å². The average molecular weight is 418 g/mol. The zero-order valence-corrected chi connectivity index (χ0v) is 15.7. The molecule has 2 aromatic rings. The topological polar surface area (TPSA) is 58.2 Å². The highest BCUT2D eigenvalue weighted by molar-refractivity contribution is 9.10. The fourth-order valence-corrected chi connectivity index (χ4v) is 3.76. The van der Waals surface area contributed by atoms with Gasteiger partial charge in [0.2, 0.25) is 5.91 Å². The first kappa shape index (κ1) is 17.7. The van der Waals surface area contributed by atoms with Gasteiger partial charge < -0.3 is 4.42 Å². The first-order chi connectivity index (χ1) is 12.2. The van der Waals surface area contributed by atoms with Gasteiger partial charge in [-0.1, -0.05) is 45.9 Å². The van der Waals surface area contributed by atoms with Crippen LogP contribution in [0.3, 0.4) is 0 Å². The summed E-state index contributed by atoms with van der Waals surface area (Å²) in [6, 6.07) is 11.5. The summed E-state index contributed by atoms with van der Waals surface area (Å²) in [5.41, 5.74) is 1.10. The number of carbonyl (C=O) groups is 1. The van der Waals surface area contributed by atoms with Gasteiger partial charge in [-0.25, -0.2) is 0 Å². The Morgan fingerprint density at radius 1 is 1.32 bits per heavy atom. The molecule has 7 heteroatoms. The van der Waals surface area contributed by atoms with Crippen LogP contribution in [-0.2, 0) is 11.2 Å². The molecule has 1 aromatic heterocycles. The number of thioether (sulfide) groups is 1. The van der Waals surface area contributed by atoms with E-state index in [4.69, 9.17) is 4.42 Å². The fraction of sp³-hybridized carbons (Fsp3) is 0.167. The van der Waals surface area contributed by atoms with Gasteiger partial charge in [0.15, 0.2) is 5.17 Å². The second kappa shape index (κ2) is 8.31. The Morgan fingerprint density at radius 3 is 2.80 bits per heavy atom. The molecule has 3 rings (SSSR count). The lowest BCUT2D eigenvalue weighted by molar-refractivity contribution is -0.125. The molecule has 0 spiro atoms. The van der Waals surface area contributed by atoms with Crippen LogP contribution in [0.4, 0.5) is 0 Å². The molecule has 1 saturated heterocycles. The van der Waals surface area contributed by atoms with E-state index in [0.29, 0.717) is 23.9 Å². The summed E-state index contributed by atoms with van der Waals surface area (Å²) in [6.07, 6.45) is 5.42. The minimum atomic E-state index is -0.210. The molecule has 5 nitrogen and oxygen atoms in total. The zero-order chi connectivity index (χ0) is 17.6. The lowest BCUT2D eigenvalue weighted by atomic mass is 10.1. The maximum absolute atomic E-state index is 12.7. The Hall–Kier alpha value is -2.12. The largest absolute Gasteiger partial charge is 0.463 e. The van der Waals surface area contributed by atoms with Crippen molar-refractivity contribution in [3.8, 4) is 0 Å². The predicted octanol–water partition coefficient (Wildman–Crippen LogP) is 4.10. The van der Waals surface area contributed by atoms with E-state index in [-0.39, 0.29) is 11.2 Å². The van der Waals surface area contributed by atoms with Crippen molar-refractivity contribution in [1.82, 2.24) is 4.90 Å². The number of carbonyl (C=O) groups excluding carboxylic acids is 1. The number of halogens is 1. The number of amidine groups is 1. The van der Waals surface area contributed by atoms with E-state index < -0.39 is 0 Å². The van der Waals surface area contributed by atoms with Crippen LogP contribution >= 0.6 is 27.7 Å². The minimum Gasteiger partial charge on any atom is -0.463 e. The van der Waals surface area contributed by atoms with Crippen molar-refractivity contribution in [1.29, 1.82) is 0 Å². The summed E-state index contributed by atoms with van der Waals surface area (Å²) in [7, 11) is 0. The zero-order valence-electron chi connectivity index (χ0n) is 13.3. The van der Waals surface area contributed by atoms with Crippen LogP contribution in [0.5, 0.6) is 0 Å². The summed E-state index contributed by atoms with van der Waals surface area (Å²) in [5.74, 6) is 0.639. The highest BCUT2D eigenvalue weighted by atomic mass is 79.9. The summed E-state index contributed by atoms with van der Waals surface area (Å²) in [4.78, 5) is 14.3. The molecule has 0 saturated carbocycles. The Balaban J connectivity index is 1.74. The van der Waals surface area contributed by atoms with Crippen LogP contribution < -0.4 is 0 Å². The summed E-state index contributed by atoms with van der Waals surface area (Å²) < 4.78 is 6.20. The smallest absolute Gasteiger partial charge is 0.242 e. The van der Waals surface area contributed by atoms with Crippen molar-refractivity contribution >= 4 is 45.0 Å². The number of amides is 1. The monoisotopic (exact) mass is 417 g/mol. The second-order valence-corrected chi connectivity index (χ2v) is 7.40. The molecule has 1 atom stereocenters. The van der Waals surface area contributed by atoms with Gasteiger partial charge in [0.05, 0.1) is 17.7 Å². The van der Waals surface area contributed by atoms with Gasteiger partial charge in [-0.2, -0.15) is 5.10 Å².